The lowest BCUT2D eigenvalue weighted by atomic mass is 10.1. The molecule has 0 atom stereocenters. The Morgan fingerprint density at radius 2 is 1.09 bits per heavy atom. The van der Waals surface area contributed by atoms with E-state index >= 15 is 8.78 Å². The molecule has 0 heterocycles. The minimum Gasteiger partial charge on any atom is -0.494 e. The Morgan fingerprint density at radius 3 is 1.64 bits per heavy atom. The lowest BCUT2D eigenvalue weighted by molar-refractivity contribution is -0.185. The first-order chi connectivity index (χ1) is 27.0. The van der Waals surface area contributed by atoms with Gasteiger partial charge in [-0.05, 0) is 131 Å². The Bertz CT molecular complexity index is 1680. The minimum atomic E-state index is -3.70. The Morgan fingerprint density at radius 1 is 0.589 bits per heavy atom. The average molecular weight is 783 g/mol. The molecule has 0 amide bonds. The number of rotatable bonds is 26. The molecule has 0 unspecified atom stereocenters. The van der Waals surface area contributed by atoms with E-state index in [4.69, 9.17) is 28.4 Å². The molecular formula is C44H50F4O8. The van der Waals surface area contributed by atoms with Gasteiger partial charge in [0.2, 0.25) is 0 Å². The second-order valence-corrected chi connectivity index (χ2v) is 12.4. The quantitative estimate of drug-likeness (QED) is 0.0306. The standard InChI is InChI=1S/C44H50F4O8/c1-3-41(49)53-33-17-11-7-5-9-15-31-51-37-20-14-13-19-35(21-24-37)43(45,46)55-39-27-29-40(30-28-39)56-44(47,48)36-22-25-38(26-23-36)52-32-16-10-6-8-12-18-34-54-42(50)4-2/h3-4,11-12,17-30H,1-2,5-10,13-16,31-34H2/b17-11+,18-12+,24-21?,35-19-,37-20?. The minimum absolute atomic E-state index is 0.204. The number of benzene rings is 2. The molecule has 3 rings (SSSR count). The number of esters is 2. The van der Waals surface area contributed by atoms with E-state index < -0.39 is 29.7 Å². The van der Waals surface area contributed by atoms with Crippen LogP contribution in [0.2, 0.25) is 0 Å². The van der Waals surface area contributed by atoms with Crippen LogP contribution < -0.4 is 14.2 Å². The number of ether oxygens (including phenoxy) is 6. The van der Waals surface area contributed by atoms with Crippen LogP contribution in [0, 0.1) is 0 Å². The molecule has 302 valence electrons. The molecule has 2 aromatic rings. The predicted octanol–water partition coefficient (Wildman–Crippen LogP) is 11.0. The van der Waals surface area contributed by atoms with Crippen molar-refractivity contribution in [1.29, 1.82) is 0 Å². The maximum Gasteiger partial charge on any atom is 0.426 e. The summed E-state index contributed by atoms with van der Waals surface area (Å²) in [6.45, 7) is 7.92. The normalized spacial score (nSPS) is 14.2. The molecule has 0 bridgehead atoms. The predicted molar refractivity (Wildman–Crippen MR) is 206 cm³/mol. The Kier molecular flexibility index (Phi) is 19.9. The highest BCUT2D eigenvalue weighted by atomic mass is 19.3. The first-order valence-corrected chi connectivity index (χ1v) is 18.6. The van der Waals surface area contributed by atoms with Crippen LogP contribution in [0.15, 0.2) is 134 Å². The third-order valence-corrected chi connectivity index (χ3v) is 8.02. The van der Waals surface area contributed by atoms with Gasteiger partial charge in [0.15, 0.2) is 0 Å². The molecule has 56 heavy (non-hydrogen) atoms. The topological polar surface area (TPSA) is 89.5 Å². The number of carbonyl (C=O) groups is 2. The van der Waals surface area contributed by atoms with E-state index in [0.717, 1.165) is 87.8 Å². The molecule has 12 heteroatoms. The fraction of sp³-hybridized carbons (Fsp3) is 0.364. The number of allylic oxidation sites excluding steroid dienone is 5. The molecule has 0 saturated heterocycles. The number of alkyl halides is 4. The van der Waals surface area contributed by atoms with Crippen molar-refractivity contribution in [3.8, 4) is 17.2 Å². The van der Waals surface area contributed by atoms with Crippen LogP contribution >= 0.6 is 0 Å². The van der Waals surface area contributed by atoms with E-state index in [9.17, 15) is 18.4 Å². The number of halogens is 4. The van der Waals surface area contributed by atoms with Gasteiger partial charge in [-0.2, -0.15) is 17.6 Å². The van der Waals surface area contributed by atoms with E-state index in [0.29, 0.717) is 37.6 Å². The van der Waals surface area contributed by atoms with Gasteiger partial charge in [0.25, 0.3) is 0 Å². The fourth-order valence-corrected chi connectivity index (χ4v) is 5.04. The summed E-state index contributed by atoms with van der Waals surface area (Å²) in [5, 5.41) is 0. The molecule has 0 aliphatic heterocycles. The van der Waals surface area contributed by atoms with Crippen molar-refractivity contribution in [2.75, 3.05) is 26.4 Å². The zero-order chi connectivity index (χ0) is 40.5. The average Bonchev–Trinajstić information content (AvgIpc) is 3.17. The second kappa shape index (κ2) is 24.8. The smallest absolute Gasteiger partial charge is 0.426 e. The molecule has 0 fully saturated rings. The van der Waals surface area contributed by atoms with Crippen LogP contribution in [0.25, 0.3) is 0 Å². The highest BCUT2D eigenvalue weighted by Gasteiger charge is 2.37. The summed E-state index contributed by atoms with van der Waals surface area (Å²) in [5.74, 6) is -0.479. The maximum atomic E-state index is 15.2. The largest absolute Gasteiger partial charge is 0.494 e. The van der Waals surface area contributed by atoms with Gasteiger partial charge in [-0.15, -0.1) is 0 Å². The van der Waals surface area contributed by atoms with Gasteiger partial charge in [-0.3, -0.25) is 0 Å². The summed E-state index contributed by atoms with van der Waals surface area (Å²) in [5.41, 5.74) is -0.760. The van der Waals surface area contributed by atoms with Crippen molar-refractivity contribution in [2.24, 2.45) is 0 Å². The monoisotopic (exact) mass is 782 g/mol. The van der Waals surface area contributed by atoms with E-state index in [-0.39, 0.29) is 30.3 Å². The second-order valence-electron chi connectivity index (χ2n) is 12.4. The molecule has 0 saturated carbocycles. The third-order valence-electron chi connectivity index (χ3n) is 8.02. The Balaban J connectivity index is 1.38. The van der Waals surface area contributed by atoms with Gasteiger partial charge >= 0.3 is 24.2 Å². The van der Waals surface area contributed by atoms with Crippen molar-refractivity contribution in [2.45, 2.75) is 76.4 Å². The Hall–Kier alpha value is -5.52. The summed E-state index contributed by atoms with van der Waals surface area (Å²) in [7, 11) is 0. The molecule has 8 nitrogen and oxygen atoms in total. The molecule has 1 aliphatic rings. The van der Waals surface area contributed by atoms with Crippen molar-refractivity contribution in [1.82, 2.24) is 0 Å². The highest BCUT2D eigenvalue weighted by molar-refractivity contribution is 5.81. The molecule has 0 spiro atoms. The molecular weight excluding hydrogens is 732 g/mol. The van der Waals surface area contributed by atoms with Gasteiger partial charge in [-0.25, -0.2) is 9.59 Å². The van der Waals surface area contributed by atoms with Crippen LogP contribution in [-0.4, -0.2) is 44.5 Å². The summed E-state index contributed by atoms with van der Waals surface area (Å²) < 4.78 is 91.5. The summed E-state index contributed by atoms with van der Waals surface area (Å²) in [6, 6.07) is 9.83. The van der Waals surface area contributed by atoms with Gasteiger partial charge in [0.05, 0.1) is 24.4 Å². The lowest BCUT2D eigenvalue weighted by Crippen LogP contribution is -2.27. The van der Waals surface area contributed by atoms with Gasteiger partial charge in [0, 0.05) is 12.2 Å². The zero-order valence-electron chi connectivity index (χ0n) is 31.5. The van der Waals surface area contributed by atoms with Crippen LogP contribution in [0.3, 0.4) is 0 Å². The zero-order valence-corrected chi connectivity index (χ0v) is 31.5. The lowest BCUT2D eigenvalue weighted by Gasteiger charge is -2.21. The van der Waals surface area contributed by atoms with E-state index in [1.807, 2.05) is 18.2 Å². The van der Waals surface area contributed by atoms with Crippen LogP contribution in [0.5, 0.6) is 17.2 Å². The molecule has 0 aromatic heterocycles. The molecule has 2 aromatic carbocycles. The SMILES string of the molecule is C=CC(=O)OC/C=C/CCCCCOC1=CCC/C=C(\C(F)(F)Oc2ccc(OC(F)(F)c3ccc(OCCCCC/C=C/COC(=O)C=C)cc3)cc2)C=C1. The number of carbonyl (C=O) groups excluding carboxylic acids is 2. The highest BCUT2D eigenvalue weighted by Crippen LogP contribution is 2.35. The van der Waals surface area contributed by atoms with E-state index in [1.165, 1.54) is 42.5 Å². The first-order valence-electron chi connectivity index (χ1n) is 18.6. The summed E-state index contributed by atoms with van der Waals surface area (Å²) in [6.07, 6.45) is 15.9. The summed E-state index contributed by atoms with van der Waals surface area (Å²) >= 11 is 0. The molecule has 0 N–H and O–H groups in total. The van der Waals surface area contributed by atoms with E-state index in [2.05, 4.69) is 13.2 Å². The fourth-order valence-electron chi connectivity index (χ4n) is 5.04. The van der Waals surface area contributed by atoms with Crippen LogP contribution in [-0.2, 0) is 29.9 Å². The summed E-state index contributed by atoms with van der Waals surface area (Å²) in [4.78, 5) is 22.0. The maximum absolute atomic E-state index is 15.2. The van der Waals surface area contributed by atoms with Gasteiger partial charge in [0.1, 0.15) is 36.2 Å². The first kappa shape index (κ1) is 44.9. The van der Waals surface area contributed by atoms with Crippen molar-refractivity contribution >= 4 is 11.9 Å². The van der Waals surface area contributed by atoms with Crippen molar-refractivity contribution in [3.63, 3.8) is 0 Å². The molecule has 0 radical (unpaired) electrons. The van der Waals surface area contributed by atoms with Crippen LogP contribution in [0.1, 0.15) is 69.8 Å². The van der Waals surface area contributed by atoms with Gasteiger partial charge in [-0.1, -0.05) is 43.5 Å². The number of hydrogen-bond acceptors (Lipinski definition) is 8. The number of unbranched alkanes of at least 4 members (excludes halogenated alkanes) is 6. The van der Waals surface area contributed by atoms with Gasteiger partial charge < -0.3 is 28.4 Å². The van der Waals surface area contributed by atoms with Crippen molar-refractivity contribution in [3.05, 3.63) is 139 Å². The number of hydrogen-bond donors (Lipinski definition) is 0. The third kappa shape index (κ3) is 17.7. The molecule has 1 aliphatic carbocycles. The van der Waals surface area contributed by atoms with E-state index in [1.54, 1.807) is 12.2 Å². The Labute approximate surface area is 326 Å². The van der Waals surface area contributed by atoms with Crippen LogP contribution in [0.4, 0.5) is 17.6 Å². The van der Waals surface area contributed by atoms with Crippen molar-refractivity contribution < 1.29 is 55.6 Å².